The molecule has 2 aromatic rings. The number of rotatable bonds is 6. The second-order valence-corrected chi connectivity index (χ2v) is 6.61. The number of pyridine rings is 1. The van der Waals surface area contributed by atoms with Crippen molar-refractivity contribution in [1.82, 2.24) is 10.3 Å². The molecule has 3 rings (SSSR count). The van der Waals surface area contributed by atoms with Crippen molar-refractivity contribution in [1.29, 1.82) is 0 Å². The van der Waals surface area contributed by atoms with Crippen LogP contribution in [0.2, 0.25) is 5.02 Å². The van der Waals surface area contributed by atoms with Crippen LogP contribution in [0.3, 0.4) is 0 Å². The van der Waals surface area contributed by atoms with E-state index in [1.54, 1.807) is 12.3 Å². The van der Waals surface area contributed by atoms with Crippen LogP contribution in [0, 0.1) is 0 Å². The molecule has 2 N–H and O–H groups in total. The first-order valence-corrected chi connectivity index (χ1v) is 9.03. The molecule has 1 aromatic heterocycles. The predicted molar refractivity (Wildman–Crippen MR) is 102 cm³/mol. The van der Waals surface area contributed by atoms with Crippen molar-refractivity contribution in [2.75, 3.05) is 11.9 Å². The predicted octanol–water partition coefficient (Wildman–Crippen LogP) is 5.10. The first-order valence-electron chi connectivity index (χ1n) is 8.65. The molecular weight excluding hydrogens is 334 g/mol. The molecule has 0 bridgehead atoms. The van der Waals surface area contributed by atoms with Gasteiger partial charge in [0.25, 0.3) is 5.91 Å². The Balaban J connectivity index is 1.49. The van der Waals surface area contributed by atoms with E-state index >= 15 is 0 Å². The van der Waals surface area contributed by atoms with Gasteiger partial charge in [0.05, 0.1) is 11.9 Å². The lowest BCUT2D eigenvalue weighted by Crippen LogP contribution is -2.25. The minimum Gasteiger partial charge on any atom is -0.354 e. The third kappa shape index (κ3) is 5.33. The zero-order valence-electron chi connectivity index (χ0n) is 14.1. The third-order valence-electron chi connectivity index (χ3n) is 4.25. The number of carbonyl (C=O) groups excluding carboxylic acids is 1. The lowest BCUT2D eigenvalue weighted by Gasteiger charge is -2.13. The average Bonchev–Trinajstić information content (AvgIpc) is 2.65. The molecule has 0 saturated heterocycles. The smallest absolute Gasteiger partial charge is 0.269 e. The van der Waals surface area contributed by atoms with E-state index in [1.807, 2.05) is 30.3 Å². The summed E-state index contributed by atoms with van der Waals surface area (Å²) in [6.07, 6.45) is 9.80. The number of benzene rings is 1. The number of aromatic nitrogens is 1. The van der Waals surface area contributed by atoms with E-state index in [0.29, 0.717) is 17.3 Å². The number of amides is 1. The van der Waals surface area contributed by atoms with Crippen LogP contribution < -0.4 is 10.6 Å². The van der Waals surface area contributed by atoms with Gasteiger partial charge in [0, 0.05) is 17.3 Å². The van der Waals surface area contributed by atoms with Crippen LogP contribution in [0.25, 0.3) is 0 Å². The summed E-state index contributed by atoms with van der Waals surface area (Å²) in [6, 6.07) is 11.0. The van der Waals surface area contributed by atoms with Gasteiger partial charge in [-0.3, -0.25) is 4.79 Å². The Morgan fingerprint density at radius 3 is 2.56 bits per heavy atom. The van der Waals surface area contributed by atoms with E-state index in [9.17, 15) is 4.79 Å². The molecule has 0 unspecified atom stereocenters. The number of carbonyl (C=O) groups is 1. The maximum atomic E-state index is 12.2. The zero-order valence-corrected chi connectivity index (χ0v) is 14.9. The van der Waals surface area contributed by atoms with Crippen LogP contribution in [0.1, 0.15) is 42.6 Å². The van der Waals surface area contributed by atoms with Gasteiger partial charge in [0.1, 0.15) is 5.69 Å². The molecule has 1 aliphatic rings. The molecule has 0 radical (unpaired) electrons. The van der Waals surface area contributed by atoms with Gasteiger partial charge < -0.3 is 10.6 Å². The minimum absolute atomic E-state index is 0.130. The van der Waals surface area contributed by atoms with E-state index in [0.717, 1.165) is 17.8 Å². The maximum Gasteiger partial charge on any atom is 0.269 e. The highest BCUT2D eigenvalue weighted by atomic mass is 35.5. The SMILES string of the molecule is O=C(NCCC1=CCCCC1)c1ccc(Nc2ccc(Cl)cc2)cn1. The molecule has 0 fully saturated rings. The number of allylic oxidation sites excluding steroid dienone is 1. The van der Waals surface area contributed by atoms with Crippen LogP contribution in [-0.4, -0.2) is 17.4 Å². The summed E-state index contributed by atoms with van der Waals surface area (Å²) in [7, 11) is 0. The first-order chi connectivity index (χ1) is 12.2. The molecule has 1 heterocycles. The lowest BCUT2D eigenvalue weighted by molar-refractivity contribution is 0.0949. The van der Waals surface area contributed by atoms with E-state index in [4.69, 9.17) is 11.6 Å². The quantitative estimate of drug-likeness (QED) is 0.709. The van der Waals surface area contributed by atoms with Crippen LogP contribution >= 0.6 is 11.6 Å². The van der Waals surface area contributed by atoms with E-state index in [-0.39, 0.29) is 5.91 Å². The minimum atomic E-state index is -0.130. The first kappa shape index (κ1) is 17.5. The molecule has 0 aliphatic heterocycles. The highest BCUT2D eigenvalue weighted by molar-refractivity contribution is 6.30. The van der Waals surface area contributed by atoms with Gasteiger partial charge in [-0.15, -0.1) is 0 Å². The monoisotopic (exact) mass is 355 g/mol. The highest BCUT2D eigenvalue weighted by Crippen LogP contribution is 2.20. The van der Waals surface area contributed by atoms with Crippen LogP contribution in [0.5, 0.6) is 0 Å². The summed E-state index contributed by atoms with van der Waals surface area (Å²) in [5.41, 5.74) is 3.64. The third-order valence-corrected chi connectivity index (χ3v) is 4.50. The van der Waals surface area contributed by atoms with Gasteiger partial charge in [-0.2, -0.15) is 0 Å². The summed E-state index contributed by atoms with van der Waals surface area (Å²) in [4.78, 5) is 16.4. The van der Waals surface area contributed by atoms with Gasteiger partial charge in [-0.1, -0.05) is 23.3 Å². The molecule has 0 atom stereocenters. The summed E-state index contributed by atoms with van der Waals surface area (Å²) in [6.45, 7) is 0.664. The largest absolute Gasteiger partial charge is 0.354 e. The fourth-order valence-electron chi connectivity index (χ4n) is 2.86. The number of hydrogen-bond donors (Lipinski definition) is 2. The van der Waals surface area contributed by atoms with Crippen LogP contribution in [-0.2, 0) is 0 Å². The van der Waals surface area contributed by atoms with Gasteiger partial charge in [-0.25, -0.2) is 4.98 Å². The summed E-state index contributed by atoms with van der Waals surface area (Å²) in [5, 5.41) is 6.86. The molecule has 5 heteroatoms. The molecule has 4 nitrogen and oxygen atoms in total. The number of anilines is 2. The van der Waals surface area contributed by atoms with Gasteiger partial charge in [0.15, 0.2) is 0 Å². The number of nitrogens with one attached hydrogen (secondary N) is 2. The Bertz CT molecular complexity index is 739. The molecule has 0 spiro atoms. The summed E-state index contributed by atoms with van der Waals surface area (Å²) >= 11 is 5.87. The molecule has 0 saturated carbocycles. The number of nitrogens with zero attached hydrogens (tertiary/aromatic N) is 1. The molecule has 1 aliphatic carbocycles. The van der Waals surface area contributed by atoms with Crippen LogP contribution in [0.15, 0.2) is 54.2 Å². The van der Waals surface area contributed by atoms with E-state index in [2.05, 4.69) is 21.7 Å². The number of hydrogen-bond acceptors (Lipinski definition) is 3. The van der Waals surface area contributed by atoms with Gasteiger partial charge >= 0.3 is 0 Å². The van der Waals surface area contributed by atoms with Crippen molar-refractivity contribution < 1.29 is 4.79 Å². The fourth-order valence-corrected chi connectivity index (χ4v) is 2.99. The summed E-state index contributed by atoms with van der Waals surface area (Å²) < 4.78 is 0. The Labute approximate surface area is 153 Å². The Hall–Kier alpha value is -2.33. The molecule has 25 heavy (non-hydrogen) atoms. The topological polar surface area (TPSA) is 54.0 Å². The van der Waals surface area contributed by atoms with Crippen molar-refractivity contribution in [2.45, 2.75) is 32.1 Å². The zero-order chi connectivity index (χ0) is 17.5. The lowest BCUT2D eigenvalue weighted by atomic mass is 9.97. The number of halogens is 1. The second-order valence-electron chi connectivity index (χ2n) is 6.18. The Morgan fingerprint density at radius 1 is 1.08 bits per heavy atom. The molecule has 130 valence electrons. The summed E-state index contributed by atoms with van der Waals surface area (Å²) in [5.74, 6) is -0.130. The average molecular weight is 356 g/mol. The second kappa shape index (κ2) is 8.67. The Morgan fingerprint density at radius 2 is 1.88 bits per heavy atom. The van der Waals surface area contributed by atoms with E-state index < -0.39 is 0 Å². The molecule has 1 amide bonds. The van der Waals surface area contributed by atoms with Crippen LogP contribution in [0.4, 0.5) is 11.4 Å². The van der Waals surface area contributed by atoms with Gasteiger partial charge in [0.2, 0.25) is 0 Å². The Kier molecular flexibility index (Phi) is 6.07. The van der Waals surface area contributed by atoms with Crippen molar-refractivity contribution in [3.63, 3.8) is 0 Å². The maximum absolute atomic E-state index is 12.2. The van der Waals surface area contributed by atoms with Crippen molar-refractivity contribution >= 4 is 28.9 Å². The normalized spacial score (nSPS) is 13.9. The standard InChI is InChI=1S/C20H22ClN3O/c21-16-6-8-17(9-7-16)24-18-10-11-19(23-14-18)20(25)22-13-12-15-4-2-1-3-5-15/h4,6-11,14,24H,1-3,5,12-13H2,(H,22,25). The molecular formula is C20H22ClN3O. The van der Waals surface area contributed by atoms with Crippen molar-refractivity contribution in [3.8, 4) is 0 Å². The van der Waals surface area contributed by atoms with E-state index in [1.165, 1.54) is 31.3 Å². The van der Waals surface area contributed by atoms with Gasteiger partial charge in [-0.05, 0) is 68.5 Å². The molecule has 1 aromatic carbocycles. The highest BCUT2D eigenvalue weighted by Gasteiger charge is 2.08. The van der Waals surface area contributed by atoms with Crippen molar-refractivity contribution in [3.05, 3.63) is 65.0 Å². The fraction of sp³-hybridized carbons (Fsp3) is 0.300. The van der Waals surface area contributed by atoms with Crippen molar-refractivity contribution in [2.24, 2.45) is 0 Å².